The van der Waals surface area contributed by atoms with Gasteiger partial charge in [-0.2, -0.15) is 0 Å². The lowest BCUT2D eigenvalue weighted by Gasteiger charge is -2.08. The van der Waals surface area contributed by atoms with Gasteiger partial charge in [-0.25, -0.2) is 4.79 Å². The van der Waals surface area contributed by atoms with Crippen LogP contribution in [0.3, 0.4) is 0 Å². The van der Waals surface area contributed by atoms with Crippen LogP contribution in [0.4, 0.5) is 11.4 Å². The van der Waals surface area contributed by atoms with E-state index in [2.05, 4.69) is 4.74 Å². The van der Waals surface area contributed by atoms with E-state index in [1.54, 1.807) is 30.3 Å². The van der Waals surface area contributed by atoms with Crippen molar-refractivity contribution in [2.75, 3.05) is 18.6 Å². The Hall–Kier alpha value is -2.69. The molecular weight excluding hydrogens is 256 g/mol. The Kier molecular flexibility index (Phi) is 4.10. The van der Waals surface area contributed by atoms with Crippen LogP contribution in [0.5, 0.6) is 5.75 Å². The van der Waals surface area contributed by atoms with Gasteiger partial charge in [-0.15, -0.1) is 0 Å². The number of hydrogen-bond acceptors (Lipinski definition) is 5. The number of hydrogen-bond donors (Lipinski definition) is 2. The predicted octanol–water partition coefficient (Wildman–Crippen LogP) is 2.22. The van der Waals surface area contributed by atoms with Gasteiger partial charge in [-0.3, -0.25) is 0 Å². The van der Waals surface area contributed by atoms with Crippen LogP contribution >= 0.6 is 0 Å². The van der Waals surface area contributed by atoms with E-state index in [4.69, 9.17) is 16.2 Å². The monoisotopic (exact) mass is 272 g/mol. The van der Waals surface area contributed by atoms with Gasteiger partial charge in [0.15, 0.2) is 0 Å². The van der Waals surface area contributed by atoms with Crippen LogP contribution in [-0.2, 0) is 11.3 Å². The Balaban J connectivity index is 2.00. The molecule has 0 radical (unpaired) electrons. The molecule has 0 spiro atoms. The molecule has 5 heteroatoms. The zero-order chi connectivity index (χ0) is 14.5. The van der Waals surface area contributed by atoms with Crippen molar-refractivity contribution in [1.82, 2.24) is 0 Å². The van der Waals surface area contributed by atoms with Gasteiger partial charge >= 0.3 is 5.97 Å². The fourth-order valence-electron chi connectivity index (χ4n) is 1.66. The summed E-state index contributed by atoms with van der Waals surface area (Å²) < 4.78 is 10.2. The summed E-state index contributed by atoms with van der Waals surface area (Å²) in [5.41, 5.74) is 13.8. The van der Waals surface area contributed by atoms with Gasteiger partial charge in [0, 0.05) is 6.07 Å². The summed E-state index contributed by atoms with van der Waals surface area (Å²) in [5.74, 6) is 0.289. The first kappa shape index (κ1) is 13.7. The lowest BCUT2D eigenvalue weighted by molar-refractivity contribution is 0.0600. The fraction of sp³-hybridized carbons (Fsp3) is 0.133. The third-order valence-electron chi connectivity index (χ3n) is 2.84. The van der Waals surface area contributed by atoms with Gasteiger partial charge in [0.25, 0.3) is 0 Å². The molecule has 0 unspecified atom stereocenters. The number of ether oxygens (including phenoxy) is 2. The smallest absolute Gasteiger partial charge is 0.337 e. The topological polar surface area (TPSA) is 87.6 Å². The highest BCUT2D eigenvalue weighted by molar-refractivity contribution is 5.89. The van der Waals surface area contributed by atoms with E-state index in [0.29, 0.717) is 29.3 Å². The zero-order valence-corrected chi connectivity index (χ0v) is 11.1. The molecule has 4 N–H and O–H groups in total. The highest BCUT2D eigenvalue weighted by atomic mass is 16.5. The zero-order valence-electron chi connectivity index (χ0n) is 11.1. The second-order valence-electron chi connectivity index (χ2n) is 4.27. The lowest BCUT2D eigenvalue weighted by atomic mass is 10.1. The van der Waals surface area contributed by atoms with E-state index >= 15 is 0 Å². The normalized spacial score (nSPS) is 10.1. The number of nitrogen functional groups attached to an aromatic ring is 2. The number of benzene rings is 2. The van der Waals surface area contributed by atoms with Crippen LogP contribution in [0.15, 0.2) is 42.5 Å². The van der Waals surface area contributed by atoms with Crippen molar-refractivity contribution in [3.05, 3.63) is 53.6 Å². The molecule has 0 aliphatic heterocycles. The summed E-state index contributed by atoms with van der Waals surface area (Å²) in [4.78, 5) is 11.3. The van der Waals surface area contributed by atoms with Crippen LogP contribution < -0.4 is 16.2 Å². The molecule has 0 amide bonds. The largest absolute Gasteiger partial charge is 0.489 e. The van der Waals surface area contributed by atoms with Crippen molar-refractivity contribution < 1.29 is 14.3 Å². The van der Waals surface area contributed by atoms with Crippen molar-refractivity contribution in [2.45, 2.75) is 6.61 Å². The molecule has 0 heterocycles. The molecule has 2 rings (SSSR count). The molecule has 0 saturated heterocycles. The first-order valence-electron chi connectivity index (χ1n) is 6.05. The Morgan fingerprint density at radius 3 is 2.35 bits per heavy atom. The number of nitrogens with two attached hydrogens (primary N) is 2. The van der Waals surface area contributed by atoms with Gasteiger partial charge in [-0.1, -0.05) is 12.1 Å². The molecule has 2 aromatic rings. The molecule has 0 atom stereocenters. The van der Waals surface area contributed by atoms with Crippen molar-refractivity contribution in [3.63, 3.8) is 0 Å². The SMILES string of the molecule is COC(=O)c1ccc(COc2ccc(N)c(N)c2)cc1. The molecule has 20 heavy (non-hydrogen) atoms. The second-order valence-corrected chi connectivity index (χ2v) is 4.27. The molecule has 0 bridgehead atoms. The van der Waals surface area contributed by atoms with Crippen molar-refractivity contribution >= 4 is 17.3 Å². The van der Waals surface area contributed by atoms with E-state index in [1.165, 1.54) is 7.11 Å². The highest BCUT2D eigenvalue weighted by Crippen LogP contribution is 2.22. The average molecular weight is 272 g/mol. The summed E-state index contributed by atoms with van der Waals surface area (Å²) in [7, 11) is 1.35. The molecule has 0 saturated carbocycles. The molecule has 5 nitrogen and oxygen atoms in total. The molecule has 2 aromatic carbocycles. The Bertz CT molecular complexity index is 609. The Morgan fingerprint density at radius 2 is 1.75 bits per heavy atom. The minimum atomic E-state index is -0.358. The van der Waals surface area contributed by atoms with E-state index in [-0.39, 0.29) is 5.97 Å². The minimum Gasteiger partial charge on any atom is -0.489 e. The number of rotatable bonds is 4. The van der Waals surface area contributed by atoms with Gasteiger partial charge < -0.3 is 20.9 Å². The summed E-state index contributed by atoms with van der Waals surface area (Å²) in [5, 5.41) is 0. The van der Waals surface area contributed by atoms with Crippen molar-refractivity contribution in [2.24, 2.45) is 0 Å². The number of carbonyl (C=O) groups is 1. The number of esters is 1. The van der Waals surface area contributed by atoms with Crippen molar-refractivity contribution in [3.8, 4) is 5.75 Å². The molecule has 0 fully saturated rings. The van der Waals surface area contributed by atoms with E-state index in [1.807, 2.05) is 12.1 Å². The number of carbonyl (C=O) groups excluding carboxylic acids is 1. The van der Waals surface area contributed by atoms with Gasteiger partial charge in [0.2, 0.25) is 0 Å². The Labute approximate surface area is 117 Å². The van der Waals surface area contributed by atoms with Crippen LogP contribution in [0.25, 0.3) is 0 Å². The molecule has 0 aliphatic rings. The second kappa shape index (κ2) is 5.97. The van der Waals surface area contributed by atoms with Gasteiger partial charge in [-0.05, 0) is 29.8 Å². The number of anilines is 2. The predicted molar refractivity (Wildman–Crippen MR) is 77.4 cm³/mol. The van der Waals surface area contributed by atoms with Gasteiger partial charge in [0.05, 0.1) is 24.0 Å². The third-order valence-corrected chi connectivity index (χ3v) is 2.84. The molecule has 104 valence electrons. The Morgan fingerprint density at radius 1 is 1.05 bits per heavy atom. The first-order chi connectivity index (χ1) is 9.60. The van der Waals surface area contributed by atoms with E-state index in [0.717, 1.165) is 5.56 Å². The summed E-state index contributed by atoms with van der Waals surface area (Å²) >= 11 is 0. The summed E-state index contributed by atoms with van der Waals surface area (Å²) in [6, 6.07) is 12.2. The van der Waals surface area contributed by atoms with Crippen LogP contribution in [0, 0.1) is 0 Å². The lowest BCUT2D eigenvalue weighted by Crippen LogP contribution is -2.02. The quantitative estimate of drug-likeness (QED) is 0.658. The highest BCUT2D eigenvalue weighted by Gasteiger charge is 2.05. The average Bonchev–Trinajstić information content (AvgIpc) is 2.48. The summed E-state index contributed by atoms with van der Waals surface area (Å²) in [6.07, 6.45) is 0. The standard InChI is InChI=1S/C15H16N2O3/c1-19-15(18)11-4-2-10(3-5-11)9-20-12-6-7-13(16)14(17)8-12/h2-8H,9,16-17H2,1H3. The maximum atomic E-state index is 11.3. The maximum Gasteiger partial charge on any atom is 0.337 e. The fourth-order valence-corrected chi connectivity index (χ4v) is 1.66. The van der Waals surface area contributed by atoms with Crippen LogP contribution in [0.1, 0.15) is 15.9 Å². The number of methoxy groups -OCH3 is 1. The third kappa shape index (κ3) is 3.20. The van der Waals surface area contributed by atoms with Crippen LogP contribution in [-0.4, -0.2) is 13.1 Å². The van der Waals surface area contributed by atoms with Gasteiger partial charge in [0.1, 0.15) is 12.4 Å². The first-order valence-corrected chi connectivity index (χ1v) is 6.05. The van der Waals surface area contributed by atoms with Crippen LogP contribution in [0.2, 0.25) is 0 Å². The maximum absolute atomic E-state index is 11.3. The van der Waals surface area contributed by atoms with E-state index in [9.17, 15) is 4.79 Å². The minimum absolute atomic E-state index is 0.358. The molecule has 0 aromatic heterocycles. The van der Waals surface area contributed by atoms with Crippen molar-refractivity contribution in [1.29, 1.82) is 0 Å². The summed E-state index contributed by atoms with van der Waals surface area (Å²) in [6.45, 7) is 0.380. The molecular formula is C15H16N2O3. The van der Waals surface area contributed by atoms with E-state index < -0.39 is 0 Å². The molecule has 0 aliphatic carbocycles.